The van der Waals surface area contributed by atoms with Crippen molar-refractivity contribution in [1.29, 1.82) is 0 Å². The van der Waals surface area contributed by atoms with Crippen molar-refractivity contribution in [3.63, 3.8) is 0 Å². The van der Waals surface area contributed by atoms with E-state index >= 15 is 0 Å². The molecule has 0 spiro atoms. The first-order valence-electron chi connectivity index (χ1n) is 6.55. The third kappa shape index (κ3) is 4.38. The zero-order valence-corrected chi connectivity index (χ0v) is 13.1. The predicted molar refractivity (Wildman–Crippen MR) is 82.6 cm³/mol. The van der Waals surface area contributed by atoms with E-state index in [1.807, 2.05) is 37.3 Å². The molecule has 0 saturated carbocycles. The Morgan fingerprint density at radius 1 is 1.14 bits per heavy atom. The van der Waals surface area contributed by atoms with E-state index in [1.54, 1.807) is 0 Å². The highest BCUT2D eigenvalue weighted by Gasteiger charge is 2.16. The summed E-state index contributed by atoms with van der Waals surface area (Å²) in [6, 6.07) is 9.77. The zero-order chi connectivity index (χ0) is 15.2. The first kappa shape index (κ1) is 16.2. The summed E-state index contributed by atoms with van der Waals surface area (Å²) in [5.74, 6) is 0. The summed E-state index contributed by atoms with van der Waals surface area (Å²) in [6.45, 7) is 2.14. The summed E-state index contributed by atoms with van der Waals surface area (Å²) in [4.78, 5) is 0. The highest BCUT2D eigenvalue weighted by Crippen LogP contribution is 2.24. The molecule has 0 aliphatic heterocycles. The summed E-state index contributed by atoms with van der Waals surface area (Å²) < 4.78 is 5.73. The zero-order valence-electron chi connectivity index (χ0n) is 11.6. The maximum Gasteiger partial charge on any atom is 0.155 e. The van der Waals surface area contributed by atoms with Gasteiger partial charge >= 0.3 is 0 Å². The third-order valence-electron chi connectivity index (χ3n) is 3.20. The van der Waals surface area contributed by atoms with E-state index in [0.717, 1.165) is 16.7 Å². The number of nitrogens with zero attached hydrogens (tertiary/aromatic N) is 2. The van der Waals surface area contributed by atoms with Crippen LogP contribution >= 0.6 is 23.2 Å². The first-order chi connectivity index (χ1) is 10.1. The van der Waals surface area contributed by atoms with Crippen LogP contribution in [0.25, 0.3) is 0 Å². The second-order valence-electron chi connectivity index (χ2n) is 4.69. The summed E-state index contributed by atoms with van der Waals surface area (Å²) in [5.41, 5.74) is 2.56. The van der Waals surface area contributed by atoms with Crippen molar-refractivity contribution in [2.45, 2.75) is 26.1 Å². The standard InChI is InChI=1S/C15H16Cl2N2O2/c1-10-13(15(17)19-18-14(10)16)7-12(8-20)21-9-11-5-3-2-4-6-11/h2-6,12,20H,7-9H2,1H3. The van der Waals surface area contributed by atoms with Crippen molar-refractivity contribution in [2.75, 3.05) is 6.61 Å². The van der Waals surface area contributed by atoms with Crippen molar-refractivity contribution < 1.29 is 9.84 Å². The van der Waals surface area contributed by atoms with E-state index in [9.17, 15) is 5.11 Å². The van der Waals surface area contributed by atoms with Gasteiger partial charge in [-0.25, -0.2) is 0 Å². The quantitative estimate of drug-likeness (QED) is 0.885. The van der Waals surface area contributed by atoms with E-state index in [4.69, 9.17) is 27.9 Å². The topological polar surface area (TPSA) is 55.2 Å². The Labute approximate surface area is 133 Å². The Morgan fingerprint density at radius 2 is 1.81 bits per heavy atom. The minimum absolute atomic E-state index is 0.109. The van der Waals surface area contributed by atoms with Crippen LogP contribution in [0.5, 0.6) is 0 Å². The van der Waals surface area contributed by atoms with Gasteiger partial charge in [0.25, 0.3) is 0 Å². The molecule has 0 amide bonds. The van der Waals surface area contributed by atoms with Gasteiger partial charge in [-0.2, -0.15) is 0 Å². The summed E-state index contributed by atoms with van der Waals surface area (Å²) in [5, 5.41) is 17.6. The Balaban J connectivity index is 2.04. The minimum atomic E-state index is -0.373. The van der Waals surface area contributed by atoms with E-state index in [1.165, 1.54) is 0 Å². The molecular formula is C15H16Cl2N2O2. The van der Waals surface area contributed by atoms with Gasteiger partial charge in [0.15, 0.2) is 10.3 Å². The van der Waals surface area contributed by atoms with Crippen molar-refractivity contribution in [1.82, 2.24) is 10.2 Å². The molecule has 0 saturated heterocycles. The molecule has 1 unspecified atom stereocenters. The molecule has 2 aromatic rings. The molecule has 1 N–H and O–H groups in total. The normalized spacial score (nSPS) is 12.4. The molecule has 0 radical (unpaired) electrons. The summed E-state index contributed by atoms with van der Waals surface area (Å²) >= 11 is 12.0. The van der Waals surface area contributed by atoms with Crippen LogP contribution < -0.4 is 0 Å². The number of hydrogen-bond donors (Lipinski definition) is 1. The second kappa shape index (κ2) is 7.71. The number of aromatic nitrogens is 2. The maximum absolute atomic E-state index is 9.48. The molecular weight excluding hydrogens is 311 g/mol. The molecule has 0 aliphatic carbocycles. The highest BCUT2D eigenvalue weighted by molar-refractivity contribution is 6.32. The summed E-state index contributed by atoms with van der Waals surface area (Å²) in [7, 11) is 0. The molecule has 6 heteroatoms. The van der Waals surface area contributed by atoms with Gasteiger partial charge in [-0.1, -0.05) is 53.5 Å². The lowest BCUT2D eigenvalue weighted by Crippen LogP contribution is -2.21. The Morgan fingerprint density at radius 3 is 2.48 bits per heavy atom. The lowest BCUT2D eigenvalue weighted by atomic mass is 10.1. The van der Waals surface area contributed by atoms with Crippen LogP contribution in [0, 0.1) is 6.92 Å². The largest absolute Gasteiger partial charge is 0.394 e. The van der Waals surface area contributed by atoms with Crippen LogP contribution in [-0.4, -0.2) is 28.0 Å². The lowest BCUT2D eigenvalue weighted by Gasteiger charge is -2.17. The van der Waals surface area contributed by atoms with Gasteiger partial charge in [-0.15, -0.1) is 10.2 Å². The molecule has 1 aromatic carbocycles. The molecule has 0 aliphatic rings. The molecule has 4 nitrogen and oxygen atoms in total. The third-order valence-corrected chi connectivity index (χ3v) is 3.86. The van der Waals surface area contributed by atoms with Gasteiger partial charge in [-0.3, -0.25) is 0 Å². The van der Waals surface area contributed by atoms with Gasteiger partial charge in [0.2, 0.25) is 0 Å². The fourth-order valence-electron chi connectivity index (χ4n) is 1.93. The molecule has 1 heterocycles. The number of rotatable bonds is 6. The lowest BCUT2D eigenvalue weighted by molar-refractivity contribution is 0.00305. The molecule has 1 atom stereocenters. The van der Waals surface area contributed by atoms with Crippen LogP contribution in [0.2, 0.25) is 10.3 Å². The van der Waals surface area contributed by atoms with Crippen molar-refractivity contribution >= 4 is 23.2 Å². The van der Waals surface area contributed by atoms with Crippen LogP contribution in [-0.2, 0) is 17.8 Å². The Bertz CT molecular complexity index is 594. The number of aliphatic hydroxyl groups excluding tert-OH is 1. The number of benzene rings is 1. The fourth-order valence-corrected chi connectivity index (χ4v) is 2.34. The molecule has 0 bridgehead atoms. The molecule has 0 fully saturated rings. The number of hydrogen-bond acceptors (Lipinski definition) is 4. The maximum atomic E-state index is 9.48. The molecule has 2 rings (SSSR count). The summed E-state index contributed by atoms with van der Waals surface area (Å²) in [6.07, 6.45) is 0.0603. The van der Waals surface area contributed by atoms with Gasteiger partial charge in [0.1, 0.15) is 0 Å². The predicted octanol–water partition coefficient (Wildman–Crippen LogP) is 3.21. The fraction of sp³-hybridized carbons (Fsp3) is 0.333. The second-order valence-corrected chi connectivity index (χ2v) is 5.41. The molecule has 1 aromatic heterocycles. The van der Waals surface area contributed by atoms with E-state index < -0.39 is 0 Å². The van der Waals surface area contributed by atoms with Crippen molar-refractivity contribution in [3.8, 4) is 0 Å². The van der Waals surface area contributed by atoms with E-state index in [0.29, 0.717) is 23.3 Å². The number of halogens is 2. The van der Waals surface area contributed by atoms with E-state index in [2.05, 4.69) is 10.2 Å². The molecule has 112 valence electrons. The average Bonchev–Trinajstić information content (AvgIpc) is 2.51. The van der Waals surface area contributed by atoms with Crippen LogP contribution in [0.3, 0.4) is 0 Å². The molecule has 21 heavy (non-hydrogen) atoms. The van der Waals surface area contributed by atoms with Gasteiger partial charge in [0.05, 0.1) is 19.3 Å². The SMILES string of the molecule is Cc1c(Cl)nnc(Cl)c1CC(CO)OCc1ccccc1. The minimum Gasteiger partial charge on any atom is -0.394 e. The van der Waals surface area contributed by atoms with Crippen LogP contribution in [0.15, 0.2) is 30.3 Å². The van der Waals surface area contributed by atoms with Gasteiger partial charge in [-0.05, 0) is 18.1 Å². The smallest absolute Gasteiger partial charge is 0.155 e. The monoisotopic (exact) mass is 326 g/mol. The van der Waals surface area contributed by atoms with Crippen LogP contribution in [0.4, 0.5) is 0 Å². The Kier molecular flexibility index (Phi) is 5.94. The van der Waals surface area contributed by atoms with Gasteiger partial charge < -0.3 is 9.84 Å². The number of aliphatic hydroxyl groups is 1. The highest BCUT2D eigenvalue weighted by atomic mass is 35.5. The van der Waals surface area contributed by atoms with Gasteiger partial charge in [0, 0.05) is 12.0 Å². The first-order valence-corrected chi connectivity index (χ1v) is 7.31. The van der Waals surface area contributed by atoms with Crippen molar-refractivity contribution in [3.05, 3.63) is 57.3 Å². The van der Waals surface area contributed by atoms with Crippen molar-refractivity contribution in [2.24, 2.45) is 0 Å². The Hall–Kier alpha value is -1.20. The average molecular weight is 327 g/mol. The van der Waals surface area contributed by atoms with E-state index in [-0.39, 0.29) is 12.7 Å². The van der Waals surface area contributed by atoms with Crippen LogP contribution in [0.1, 0.15) is 16.7 Å². The number of ether oxygens (including phenoxy) is 1.